The number of aromatic amines is 1. The molecule has 0 saturated heterocycles. The van der Waals surface area contributed by atoms with Gasteiger partial charge in [-0.1, -0.05) is 11.8 Å². The Balaban J connectivity index is 2.78. The minimum absolute atomic E-state index is 0.00675. The van der Waals surface area contributed by atoms with E-state index in [9.17, 15) is 9.59 Å². The summed E-state index contributed by atoms with van der Waals surface area (Å²) in [6, 6.07) is 3.00. The maximum absolute atomic E-state index is 10.8. The first kappa shape index (κ1) is 9.07. The van der Waals surface area contributed by atoms with Gasteiger partial charge in [-0.25, -0.2) is 0 Å². The number of H-pyrrole nitrogens is 1. The predicted octanol–water partition coefficient (Wildman–Crippen LogP) is -0.398. The summed E-state index contributed by atoms with van der Waals surface area (Å²) in [5, 5.41) is 0. The first-order chi connectivity index (χ1) is 6.18. The first-order valence-corrected chi connectivity index (χ1v) is 3.64. The number of hydrogen-bond acceptors (Lipinski definition) is 2. The van der Waals surface area contributed by atoms with E-state index in [1.165, 1.54) is 12.3 Å². The second kappa shape index (κ2) is 4.12. The van der Waals surface area contributed by atoms with E-state index in [-0.39, 0.29) is 12.0 Å². The average Bonchev–Trinajstić information content (AvgIpc) is 2.03. The molecule has 4 heteroatoms. The molecule has 0 atom stereocenters. The van der Waals surface area contributed by atoms with Gasteiger partial charge in [-0.15, -0.1) is 0 Å². The van der Waals surface area contributed by atoms with E-state index in [2.05, 4.69) is 16.8 Å². The Kier molecular flexibility index (Phi) is 2.87. The van der Waals surface area contributed by atoms with Crippen LogP contribution < -0.4 is 11.3 Å². The molecule has 1 aromatic rings. The third-order valence-electron chi connectivity index (χ3n) is 1.27. The zero-order valence-corrected chi connectivity index (χ0v) is 6.83. The van der Waals surface area contributed by atoms with Crippen LogP contribution in [0.15, 0.2) is 23.1 Å². The zero-order valence-electron chi connectivity index (χ0n) is 6.83. The molecule has 1 amide bonds. The van der Waals surface area contributed by atoms with Gasteiger partial charge in [0.05, 0.1) is 6.42 Å². The van der Waals surface area contributed by atoms with Crippen LogP contribution in [0.4, 0.5) is 0 Å². The Morgan fingerprint density at radius 2 is 2.38 bits per heavy atom. The van der Waals surface area contributed by atoms with Crippen LogP contribution in [0.25, 0.3) is 0 Å². The quantitative estimate of drug-likeness (QED) is 0.571. The second-order valence-corrected chi connectivity index (χ2v) is 2.39. The molecule has 0 spiro atoms. The fraction of sp³-hybridized carbons (Fsp3) is 0.111. The number of rotatable bonds is 1. The molecule has 13 heavy (non-hydrogen) atoms. The van der Waals surface area contributed by atoms with Gasteiger partial charge >= 0.3 is 0 Å². The lowest BCUT2D eigenvalue weighted by atomic mass is 10.2. The third-order valence-corrected chi connectivity index (χ3v) is 1.27. The van der Waals surface area contributed by atoms with Crippen molar-refractivity contribution in [1.82, 2.24) is 4.98 Å². The third kappa shape index (κ3) is 3.25. The zero-order chi connectivity index (χ0) is 9.68. The van der Waals surface area contributed by atoms with Crippen molar-refractivity contribution < 1.29 is 4.79 Å². The Morgan fingerprint density at radius 3 is 3.00 bits per heavy atom. The molecule has 0 aliphatic rings. The Bertz CT molecular complexity index is 423. The summed E-state index contributed by atoms with van der Waals surface area (Å²) >= 11 is 0. The number of carbonyl (C=O) groups excluding carboxylic acids is 1. The average molecular weight is 176 g/mol. The van der Waals surface area contributed by atoms with Crippen LogP contribution in [0.5, 0.6) is 0 Å². The molecule has 1 heterocycles. The standard InChI is InChI=1S/C9H8N2O2/c10-8(12)3-1-2-7-4-5-11-9(13)6-7/h4-6H,3H2,(H2,10,12)(H,11,13). The largest absolute Gasteiger partial charge is 0.369 e. The molecule has 0 aliphatic heterocycles. The lowest BCUT2D eigenvalue weighted by Gasteiger charge is -1.85. The van der Waals surface area contributed by atoms with Gasteiger partial charge in [-0.3, -0.25) is 9.59 Å². The lowest BCUT2D eigenvalue weighted by molar-refractivity contribution is -0.117. The lowest BCUT2D eigenvalue weighted by Crippen LogP contribution is -2.08. The van der Waals surface area contributed by atoms with Gasteiger partial charge < -0.3 is 10.7 Å². The van der Waals surface area contributed by atoms with E-state index in [0.717, 1.165) is 0 Å². The van der Waals surface area contributed by atoms with Crippen LogP contribution in [0, 0.1) is 11.8 Å². The summed E-state index contributed by atoms with van der Waals surface area (Å²) in [4.78, 5) is 23.5. The van der Waals surface area contributed by atoms with E-state index in [1.807, 2.05) is 0 Å². The normalized spacial score (nSPS) is 8.62. The van der Waals surface area contributed by atoms with Crippen molar-refractivity contribution in [2.45, 2.75) is 6.42 Å². The SMILES string of the molecule is NC(=O)CC#Cc1cc[nH]c(=O)c1. The molecular weight excluding hydrogens is 168 g/mol. The number of aromatic nitrogens is 1. The van der Waals surface area contributed by atoms with E-state index in [0.29, 0.717) is 5.56 Å². The molecule has 1 aromatic heterocycles. The molecule has 66 valence electrons. The van der Waals surface area contributed by atoms with Crippen LogP contribution in [-0.4, -0.2) is 10.9 Å². The Morgan fingerprint density at radius 1 is 1.62 bits per heavy atom. The Labute approximate surface area is 74.8 Å². The minimum Gasteiger partial charge on any atom is -0.369 e. The summed E-state index contributed by atoms with van der Waals surface area (Å²) < 4.78 is 0. The molecule has 0 aliphatic carbocycles. The highest BCUT2D eigenvalue weighted by molar-refractivity contribution is 5.76. The summed E-state index contributed by atoms with van der Waals surface area (Å²) in [5.41, 5.74) is 5.23. The van der Waals surface area contributed by atoms with E-state index in [1.54, 1.807) is 6.07 Å². The molecule has 0 radical (unpaired) electrons. The van der Waals surface area contributed by atoms with Gasteiger partial charge in [0, 0.05) is 17.8 Å². The monoisotopic (exact) mass is 176 g/mol. The van der Waals surface area contributed by atoms with Gasteiger partial charge in [-0.2, -0.15) is 0 Å². The molecule has 1 rings (SSSR count). The van der Waals surface area contributed by atoms with Crippen LogP contribution in [0.3, 0.4) is 0 Å². The molecule has 0 bridgehead atoms. The fourth-order valence-corrected chi connectivity index (χ4v) is 0.756. The van der Waals surface area contributed by atoms with Crippen molar-refractivity contribution in [3.8, 4) is 11.8 Å². The maximum atomic E-state index is 10.8. The number of carbonyl (C=O) groups is 1. The molecule has 4 nitrogen and oxygen atoms in total. The summed E-state index contributed by atoms with van der Waals surface area (Å²) in [6.45, 7) is 0. The van der Waals surface area contributed by atoms with Crippen molar-refractivity contribution in [3.05, 3.63) is 34.2 Å². The van der Waals surface area contributed by atoms with Crippen molar-refractivity contribution in [3.63, 3.8) is 0 Å². The number of pyridine rings is 1. The summed E-state index contributed by atoms with van der Waals surface area (Å²) in [7, 11) is 0. The number of nitrogens with one attached hydrogen (secondary N) is 1. The highest BCUT2D eigenvalue weighted by Gasteiger charge is 1.88. The fourth-order valence-electron chi connectivity index (χ4n) is 0.756. The molecule has 0 unspecified atom stereocenters. The highest BCUT2D eigenvalue weighted by atomic mass is 16.1. The van der Waals surface area contributed by atoms with Gasteiger partial charge in [0.2, 0.25) is 11.5 Å². The van der Waals surface area contributed by atoms with Crippen LogP contribution >= 0.6 is 0 Å². The van der Waals surface area contributed by atoms with Gasteiger partial charge in [0.25, 0.3) is 0 Å². The number of amides is 1. The van der Waals surface area contributed by atoms with Crippen molar-refractivity contribution in [2.75, 3.05) is 0 Å². The van der Waals surface area contributed by atoms with Crippen LogP contribution in [0.2, 0.25) is 0 Å². The van der Waals surface area contributed by atoms with Gasteiger partial charge in [-0.05, 0) is 6.07 Å². The minimum atomic E-state index is -0.475. The van der Waals surface area contributed by atoms with Crippen molar-refractivity contribution in [1.29, 1.82) is 0 Å². The van der Waals surface area contributed by atoms with Crippen LogP contribution in [0.1, 0.15) is 12.0 Å². The maximum Gasteiger partial charge on any atom is 0.249 e. The van der Waals surface area contributed by atoms with Gasteiger partial charge in [0.15, 0.2) is 0 Å². The first-order valence-electron chi connectivity index (χ1n) is 3.64. The summed E-state index contributed by atoms with van der Waals surface area (Å²) in [6.07, 6.45) is 1.50. The van der Waals surface area contributed by atoms with E-state index >= 15 is 0 Å². The number of nitrogens with two attached hydrogens (primary N) is 1. The number of hydrogen-bond donors (Lipinski definition) is 2. The molecule has 0 fully saturated rings. The Hall–Kier alpha value is -2.02. The summed E-state index contributed by atoms with van der Waals surface area (Å²) in [5.74, 6) is 4.72. The topological polar surface area (TPSA) is 76.0 Å². The molecule has 0 aromatic carbocycles. The molecule has 0 saturated carbocycles. The molecular formula is C9H8N2O2. The van der Waals surface area contributed by atoms with E-state index in [4.69, 9.17) is 5.73 Å². The second-order valence-electron chi connectivity index (χ2n) is 2.39. The molecule has 3 N–H and O–H groups in total. The number of primary amides is 1. The van der Waals surface area contributed by atoms with Gasteiger partial charge in [0.1, 0.15) is 0 Å². The van der Waals surface area contributed by atoms with Crippen molar-refractivity contribution >= 4 is 5.91 Å². The van der Waals surface area contributed by atoms with E-state index < -0.39 is 5.91 Å². The highest BCUT2D eigenvalue weighted by Crippen LogP contribution is 1.88. The smallest absolute Gasteiger partial charge is 0.249 e. The van der Waals surface area contributed by atoms with Crippen LogP contribution in [-0.2, 0) is 4.79 Å². The predicted molar refractivity (Wildman–Crippen MR) is 47.8 cm³/mol. The van der Waals surface area contributed by atoms with Crippen molar-refractivity contribution in [2.24, 2.45) is 5.73 Å².